The van der Waals surface area contributed by atoms with Crippen molar-refractivity contribution in [1.82, 2.24) is 29.1 Å². The van der Waals surface area contributed by atoms with Crippen molar-refractivity contribution >= 4 is 16.1 Å². The standard InChI is InChI=1S/C14H18N6O3S/c21-14(13-15-11-16-18-13)19-6-8-20(9-7-19)24(22,23)17-10-12-4-2-1-3-5-12/h1-5,11,17H,6-10H2,(H,15,16,18). The van der Waals surface area contributed by atoms with Crippen molar-refractivity contribution in [2.75, 3.05) is 26.2 Å². The molecular formula is C14H18N6O3S. The quantitative estimate of drug-likeness (QED) is 0.762. The lowest BCUT2D eigenvalue weighted by molar-refractivity contribution is 0.0685. The molecule has 1 saturated heterocycles. The smallest absolute Gasteiger partial charge is 0.291 e. The average Bonchev–Trinajstić information content (AvgIpc) is 3.15. The molecule has 1 aromatic carbocycles. The molecule has 3 rings (SSSR count). The number of H-pyrrole nitrogens is 1. The minimum absolute atomic E-state index is 0.161. The SMILES string of the molecule is O=C(c1ncn[nH]1)N1CCN(S(=O)(=O)NCc2ccccc2)CC1. The minimum Gasteiger partial charge on any atom is -0.333 e. The van der Waals surface area contributed by atoms with E-state index in [4.69, 9.17) is 0 Å². The molecule has 1 aromatic heterocycles. The number of carbonyl (C=O) groups excluding carboxylic acids is 1. The van der Waals surface area contributed by atoms with Crippen molar-refractivity contribution in [3.8, 4) is 0 Å². The molecule has 0 unspecified atom stereocenters. The fraction of sp³-hybridized carbons (Fsp3) is 0.357. The molecular weight excluding hydrogens is 332 g/mol. The maximum atomic E-state index is 12.3. The summed E-state index contributed by atoms with van der Waals surface area (Å²) in [4.78, 5) is 17.5. The molecule has 24 heavy (non-hydrogen) atoms. The van der Waals surface area contributed by atoms with E-state index in [0.29, 0.717) is 13.1 Å². The van der Waals surface area contributed by atoms with E-state index in [9.17, 15) is 13.2 Å². The number of nitrogens with zero attached hydrogens (tertiary/aromatic N) is 4. The summed E-state index contributed by atoms with van der Waals surface area (Å²) < 4.78 is 28.6. The Morgan fingerprint density at radius 2 is 1.88 bits per heavy atom. The highest BCUT2D eigenvalue weighted by molar-refractivity contribution is 7.87. The second-order valence-electron chi connectivity index (χ2n) is 5.34. The first kappa shape index (κ1) is 16.6. The first-order chi connectivity index (χ1) is 11.6. The first-order valence-electron chi connectivity index (χ1n) is 7.49. The summed E-state index contributed by atoms with van der Waals surface area (Å²) in [7, 11) is -3.57. The molecule has 1 fully saturated rings. The van der Waals surface area contributed by atoms with Gasteiger partial charge in [0.15, 0.2) is 0 Å². The van der Waals surface area contributed by atoms with Crippen LogP contribution in [0.25, 0.3) is 0 Å². The molecule has 9 nitrogen and oxygen atoms in total. The Hall–Kier alpha value is -2.30. The maximum Gasteiger partial charge on any atom is 0.291 e. The van der Waals surface area contributed by atoms with Crippen LogP contribution < -0.4 is 4.72 Å². The number of nitrogens with one attached hydrogen (secondary N) is 2. The number of amides is 1. The fourth-order valence-corrected chi connectivity index (χ4v) is 3.63. The molecule has 2 aromatic rings. The number of carbonyl (C=O) groups is 1. The molecule has 1 aliphatic heterocycles. The van der Waals surface area contributed by atoms with Crippen LogP contribution in [-0.4, -0.2) is 64.9 Å². The molecule has 0 radical (unpaired) electrons. The predicted octanol–water partition coefficient (Wildman–Crippen LogP) is -0.403. The number of hydrogen-bond donors (Lipinski definition) is 2. The lowest BCUT2D eigenvalue weighted by atomic mass is 10.2. The van der Waals surface area contributed by atoms with Gasteiger partial charge >= 0.3 is 0 Å². The molecule has 0 spiro atoms. The van der Waals surface area contributed by atoms with Crippen LogP contribution in [0.2, 0.25) is 0 Å². The third-order valence-corrected chi connectivity index (χ3v) is 5.34. The van der Waals surface area contributed by atoms with Crippen LogP contribution in [0.15, 0.2) is 36.7 Å². The summed E-state index contributed by atoms with van der Waals surface area (Å²) in [6.45, 7) is 1.34. The summed E-state index contributed by atoms with van der Waals surface area (Å²) in [6, 6.07) is 9.31. The van der Waals surface area contributed by atoms with Crippen LogP contribution in [0.5, 0.6) is 0 Å². The van der Waals surface area contributed by atoms with Gasteiger partial charge in [-0.1, -0.05) is 30.3 Å². The topological polar surface area (TPSA) is 111 Å². The van der Waals surface area contributed by atoms with Crippen LogP contribution in [0.4, 0.5) is 0 Å². The monoisotopic (exact) mass is 350 g/mol. The summed E-state index contributed by atoms with van der Waals surface area (Å²) in [5.41, 5.74) is 0.889. The Balaban J connectivity index is 1.54. The molecule has 2 heterocycles. The van der Waals surface area contributed by atoms with E-state index < -0.39 is 10.2 Å². The summed E-state index contributed by atoms with van der Waals surface area (Å²) >= 11 is 0. The van der Waals surface area contributed by atoms with Crippen molar-refractivity contribution < 1.29 is 13.2 Å². The first-order valence-corrected chi connectivity index (χ1v) is 8.93. The summed E-state index contributed by atoms with van der Waals surface area (Å²) in [5, 5.41) is 6.16. The molecule has 2 N–H and O–H groups in total. The Kier molecular flexibility index (Phi) is 4.88. The lowest BCUT2D eigenvalue weighted by Gasteiger charge is -2.33. The van der Waals surface area contributed by atoms with Crippen molar-refractivity contribution in [2.45, 2.75) is 6.54 Å². The number of aromatic amines is 1. The highest BCUT2D eigenvalue weighted by atomic mass is 32.2. The highest BCUT2D eigenvalue weighted by Gasteiger charge is 2.29. The number of rotatable bonds is 5. The largest absolute Gasteiger partial charge is 0.333 e. The van der Waals surface area contributed by atoms with Crippen LogP contribution >= 0.6 is 0 Å². The van der Waals surface area contributed by atoms with Gasteiger partial charge in [0.2, 0.25) is 5.82 Å². The van der Waals surface area contributed by atoms with Gasteiger partial charge in [-0.05, 0) is 5.56 Å². The second kappa shape index (κ2) is 7.07. The Labute approximate surface area is 139 Å². The van der Waals surface area contributed by atoms with E-state index in [1.807, 2.05) is 30.3 Å². The van der Waals surface area contributed by atoms with Gasteiger partial charge in [0.25, 0.3) is 16.1 Å². The molecule has 10 heteroatoms. The third-order valence-electron chi connectivity index (χ3n) is 3.78. The molecule has 128 valence electrons. The summed E-state index contributed by atoms with van der Waals surface area (Å²) in [5.74, 6) is -0.115. The predicted molar refractivity (Wildman–Crippen MR) is 86.1 cm³/mol. The molecule has 1 amide bonds. The molecule has 1 aliphatic rings. The average molecular weight is 350 g/mol. The summed E-state index contributed by atoms with van der Waals surface area (Å²) in [6.07, 6.45) is 1.27. The molecule has 0 saturated carbocycles. The molecule has 0 aliphatic carbocycles. The van der Waals surface area contributed by atoms with Gasteiger partial charge in [0, 0.05) is 32.7 Å². The Morgan fingerprint density at radius 3 is 2.50 bits per heavy atom. The number of aromatic nitrogens is 3. The van der Waals surface area contributed by atoms with Crippen LogP contribution in [0.1, 0.15) is 16.2 Å². The van der Waals surface area contributed by atoms with Gasteiger partial charge in [-0.25, -0.2) is 4.98 Å². The van der Waals surface area contributed by atoms with Gasteiger partial charge in [-0.3, -0.25) is 9.89 Å². The van der Waals surface area contributed by atoms with Gasteiger partial charge in [-0.15, -0.1) is 0 Å². The fourth-order valence-electron chi connectivity index (χ4n) is 2.45. The number of hydrogen-bond acceptors (Lipinski definition) is 5. The minimum atomic E-state index is -3.57. The third kappa shape index (κ3) is 3.78. The molecule has 0 atom stereocenters. The van der Waals surface area contributed by atoms with E-state index in [0.717, 1.165) is 5.56 Å². The van der Waals surface area contributed by atoms with Crippen molar-refractivity contribution in [2.24, 2.45) is 0 Å². The van der Waals surface area contributed by atoms with Gasteiger partial charge in [-0.2, -0.15) is 22.5 Å². The van der Waals surface area contributed by atoms with Crippen molar-refractivity contribution in [3.63, 3.8) is 0 Å². The number of piperazine rings is 1. The van der Waals surface area contributed by atoms with E-state index in [-0.39, 0.29) is 31.4 Å². The maximum absolute atomic E-state index is 12.3. The zero-order valence-corrected chi connectivity index (χ0v) is 13.7. The van der Waals surface area contributed by atoms with Crippen LogP contribution in [-0.2, 0) is 16.8 Å². The zero-order chi connectivity index (χ0) is 17.0. The van der Waals surface area contributed by atoms with Gasteiger partial charge < -0.3 is 4.90 Å². The van der Waals surface area contributed by atoms with E-state index in [2.05, 4.69) is 19.9 Å². The van der Waals surface area contributed by atoms with E-state index in [1.54, 1.807) is 4.90 Å². The second-order valence-corrected chi connectivity index (χ2v) is 7.09. The Morgan fingerprint density at radius 1 is 1.17 bits per heavy atom. The number of benzene rings is 1. The van der Waals surface area contributed by atoms with Crippen molar-refractivity contribution in [3.05, 3.63) is 48.0 Å². The van der Waals surface area contributed by atoms with Crippen LogP contribution in [0, 0.1) is 0 Å². The van der Waals surface area contributed by atoms with Crippen LogP contribution in [0.3, 0.4) is 0 Å². The van der Waals surface area contributed by atoms with Gasteiger partial charge in [0.1, 0.15) is 6.33 Å². The lowest BCUT2D eigenvalue weighted by Crippen LogP contribution is -2.53. The normalized spacial score (nSPS) is 16.2. The molecule has 0 bridgehead atoms. The highest BCUT2D eigenvalue weighted by Crippen LogP contribution is 2.09. The zero-order valence-electron chi connectivity index (χ0n) is 12.9. The Bertz CT molecular complexity index is 770. The van der Waals surface area contributed by atoms with Crippen molar-refractivity contribution in [1.29, 1.82) is 0 Å². The van der Waals surface area contributed by atoms with E-state index >= 15 is 0 Å². The van der Waals surface area contributed by atoms with E-state index in [1.165, 1.54) is 10.6 Å². The van der Waals surface area contributed by atoms with Gasteiger partial charge in [0.05, 0.1) is 0 Å².